The van der Waals surface area contributed by atoms with E-state index in [1.54, 1.807) is 30.3 Å². The molecule has 46 heavy (non-hydrogen) atoms. The highest BCUT2D eigenvalue weighted by Gasteiger charge is 2.36. The third-order valence-electron chi connectivity index (χ3n) is 8.02. The van der Waals surface area contributed by atoms with Crippen molar-refractivity contribution in [3.63, 3.8) is 0 Å². The largest absolute Gasteiger partial charge is 0.352 e. The van der Waals surface area contributed by atoms with Gasteiger partial charge in [0.15, 0.2) is 0 Å². The molecule has 7 nitrogen and oxygen atoms in total. The minimum Gasteiger partial charge on any atom is -0.352 e. The lowest BCUT2D eigenvalue weighted by molar-refractivity contribution is -0.140. The molecule has 1 aliphatic rings. The molecule has 0 spiro atoms. The highest BCUT2D eigenvalue weighted by atomic mass is 35.5. The zero-order valence-corrected chi connectivity index (χ0v) is 27.3. The van der Waals surface area contributed by atoms with Gasteiger partial charge in [-0.1, -0.05) is 103 Å². The summed E-state index contributed by atoms with van der Waals surface area (Å²) in [6, 6.07) is 26.0. The van der Waals surface area contributed by atoms with Crippen LogP contribution >= 0.6 is 23.2 Å². The Kier molecular flexibility index (Phi) is 11.0. The standard InChI is InChI=1S/C35H34Cl2FN3O4S/c36-27-20-28(37)22-30(21-27)41(46(44,45)31-16-5-2-6-17-31)24-34(42)40(23-26-13-7-10-18-32(26)38)33(19-25-11-3-1-4-12-25)35(43)39-29-14-8-9-15-29/h1-7,10-13,16-18,20-22,29,33H,8-9,14-15,19,23-24H2,(H,39,43)/t33-/m1/s1. The minimum absolute atomic E-state index is 0.0419. The Hall–Kier alpha value is -3.92. The van der Waals surface area contributed by atoms with Crippen molar-refractivity contribution in [1.82, 2.24) is 10.2 Å². The molecule has 11 heteroatoms. The number of nitrogens with one attached hydrogen (secondary N) is 1. The van der Waals surface area contributed by atoms with Gasteiger partial charge < -0.3 is 10.2 Å². The van der Waals surface area contributed by atoms with Gasteiger partial charge in [-0.25, -0.2) is 12.8 Å². The number of benzene rings is 4. The summed E-state index contributed by atoms with van der Waals surface area (Å²) in [4.78, 5) is 29.8. The van der Waals surface area contributed by atoms with E-state index in [1.807, 2.05) is 30.3 Å². The second-order valence-corrected chi connectivity index (χ2v) is 14.0. The number of sulfonamides is 1. The van der Waals surface area contributed by atoms with E-state index in [9.17, 15) is 18.0 Å². The number of nitrogens with zero attached hydrogens (tertiary/aromatic N) is 2. The van der Waals surface area contributed by atoms with E-state index in [0.717, 1.165) is 35.6 Å². The van der Waals surface area contributed by atoms with E-state index in [-0.39, 0.29) is 51.1 Å². The fourth-order valence-corrected chi connectivity index (χ4v) is 7.60. The Morgan fingerprint density at radius 1 is 0.848 bits per heavy atom. The van der Waals surface area contributed by atoms with Gasteiger partial charge in [0.1, 0.15) is 18.4 Å². The number of carbonyl (C=O) groups excluding carboxylic acids is 2. The first-order valence-corrected chi connectivity index (χ1v) is 17.2. The van der Waals surface area contributed by atoms with Gasteiger partial charge in [0.2, 0.25) is 11.8 Å². The minimum atomic E-state index is -4.33. The van der Waals surface area contributed by atoms with E-state index >= 15 is 4.39 Å². The molecular formula is C35H34Cl2FN3O4S. The summed E-state index contributed by atoms with van der Waals surface area (Å²) in [5.74, 6) is -1.64. The van der Waals surface area contributed by atoms with E-state index in [2.05, 4.69) is 5.32 Å². The summed E-state index contributed by atoms with van der Waals surface area (Å²) in [5, 5.41) is 3.44. The number of hydrogen-bond donors (Lipinski definition) is 1. The zero-order chi connectivity index (χ0) is 32.7. The monoisotopic (exact) mass is 681 g/mol. The van der Waals surface area contributed by atoms with Crippen molar-refractivity contribution in [3.8, 4) is 0 Å². The second-order valence-electron chi connectivity index (χ2n) is 11.3. The molecule has 0 bridgehead atoms. The van der Waals surface area contributed by atoms with Crippen molar-refractivity contribution in [2.75, 3.05) is 10.8 Å². The summed E-state index contributed by atoms with van der Waals surface area (Å²) >= 11 is 12.6. The number of rotatable bonds is 12. The maximum Gasteiger partial charge on any atom is 0.264 e. The van der Waals surface area contributed by atoms with Crippen LogP contribution in [0.5, 0.6) is 0 Å². The quantitative estimate of drug-likeness (QED) is 0.174. The Morgan fingerprint density at radius 2 is 1.43 bits per heavy atom. The van der Waals surface area contributed by atoms with E-state index in [0.29, 0.717) is 0 Å². The fourth-order valence-electron chi connectivity index (χ4n) is 5.66. The fraction of sp³-hybridized carbons (Fsp3) is 0.257. The lowest BCUT2D eigenvalue weighted by Crippen LogP contribution is -2.54. The van der Waals surface area contributed by atoms with Crippen molar-refractivity contribution in [3.05, 3.63) is 130 Å². The topological polar surface area (TPSA) is 86.8 Å². The summed E-state index contributed by atoms with van der Waals surface area (Å²) in [5.41, 5.74) is 1.04. The number of hydrogen-bond acceptors (Lipinski definition) is 4. The maximum absolute atomic E-state index is 15.1. The summed E-state index contributed by atoms with van der Waals surface area (Å²) < 4.78 is 44.2. The SMILES string of the molecule is O=C(NC1CCCC1)[C@@H](Cc1ccccc1)N(Cc1ccccc1F)C(=O)CN(c1cc(Cl)cc(Cl)c1)S(=O)(=O)c1ccccc1. The van der Waals surface area contributed by atoms with Crippen LogP contribution in [0.2, 0.25) is 10.0 Å². The molecule has 1 N–H and O–H groups in total. The van der Waals surface area contributed by atoms with Gasteiger partial charge in [-0.2, -0.15) is 0 Å². The molecule has 1 saturated carbocycles. The molecule has 1 atom stereocenters. The highest BCUT2D eigenvalue weighted by Crippen LogP contribution is 2.30. The van der Waals surface area contributed by atoms with Crippen LogP contribution in [0, 0.1) is 5.82 Å². The number of halogens is 3. The lowest BCUT2D eigenvalue weighted by atomic mass is 10.0. The summed E-state index contributed by atoms with van der Waals surface area (Å²) in [6.07, 6.45) is 3.75. The van der Waals surface area contributed by atoms with Crippen molar-refractivity contribution < 1.29 is 22.4 Å². The molecule has 5 rings (SSSR count). The van der Waals surface area contributed by atoms with Crippen molar-refractivity contribution in [1.29, 1.82) is 0 Å². The number of carbonyl (C=O) groups is 2. The van der Waals surface area contributed by atoms with Gasteiger partial charge in [-0.15, -0.1) is 0 Å². The zero-order valence-electron chi connectivity index (χ0n) is 25.0. The van der Waals surface area contributed by atoms with Crippen LogP contribution < -0.4 is 9.62 Å². The van der Waals surface area contributed by atoms with E-state index < -0.39 is 34.3 Å². The normalized spacial score (nSPS) is 14.1. The maximum atomic E-state index is 15.1. The first-order chi connectivity index (χ1) is 22.1. The smallest absolute Gasteiger partial charge is 0.264 e. The highest BCUT2D eigenvalue weighted by molar-refractivity contribution is 7.92. The molecule has 4 aromatic carbocycles. The Bertz CT molecular complexity index is 1750. The first-order valence-electron chi connectivity index (χ1n) is 15.0. The van der Waals surface area contributed by atoms with Gasteiger partial charge in [0.05, 0.1) is 10.6 Å². The van der Waals surface area contributed by atoms with Crippen LogP contribution in [0.15, 0.2) is 108 Å². The van der Waals surface area contributed by atoms with Crippen LogP contribution in [0.1, 0.15) is 36.8 Å². The van der Waals surface area contributed by atoms with Gasteiger partial charge >= 0.3 is 0 Å². The van der Waals surface area contributed by atoms with Crippen LogP contribution in [-0.4, -0.2) is 43.8 Å². The number of anilines is 1. The molecule has 0 aromatic heterocycles. The van der Waals surface area contributed by atoms with E-state index in [1.165, 1.54) is 47.4 Å². The molecule has 0 aliphatic heterocycles. The van der Waals surface area contributed by atoms with Crippen LogP contribution in [0.3, 0.4) is 0 Å². The molecule has 2 amide bonds. The summed E-state index contributed by atoms with van der Waals surface area (Å²) in [6.45, 7) is -0.971. The molecule has 0 saturated heterocycles. The van der Waals surface area contributed by atoms with E-state index in [4.69, 9.17) is 23.2 Å². The third-order valence-corrected chi connectivity index (χ3v) is 10.2. The van der Waals surface area contributed by atoms with Crippen LogP contribution in [0.25, 0.3) is 0 Å². The summed E-state index contributed by atoms with van der Waals surface area (Å²) in [7, 11) is -4.33. The Morgan fingerprint density at radius 3 is 2.07 bits per heavy atom. The molecule has 0 unspecified atom stereocenters. The van der Waals surface area contributed by atoms with Gasteiger partial charge in [-0.3, -0.25) is 13.9 Å². The van der Waals surface area contributed by atoms with Crippen molar-refractivity contribution in [2.45, 2.75) is 55.6 Å². The lowest BCUT2D eigenvalue weighted by Gasteiger charge is -2.34. The predicted molar refractivity (Wildman–Crippen MR) is 179 cm³/mol. The van der Waals surface area contributed by atoms with Crippen LogP contribution in [-0.2, 0) is 32.6 Å². The molecular weight excluding hydrogens is 648 g/mol. The molecule has 0 radical (unpaired) electrons. The second kappa shape index (κ2) is 15.1. The molecule has 1 aliphatic carbocycles. The van der Waals surface area contributed by atoms with Gasteiger partial charge in [0, 0.05) is 34.6 Å². The first kappa shape index (κ1) is 33.4. The predicted octanol–water partition coefficient (Wildman–Crippen LogP) is 7.03. The molecule has 4 aromatic rings. The number of amides is 2. The molecule has 1 fully saturated rings. The van der Waals surface area contributed by atoms with Gasteiger partial charge in [-0.05, 0) is 54.8 Å². The Labute approximate surface area is 279 Å². The average molecular weight is 683 g/mol. The molecule has 240 valence electrons. The molecule has 0 heterocycles. The van der Waals surface area contributed by atoms with Crippen molar-refractivity contribution >= 4 is 50.7 Å². The Balaban J connectivity index is 1.59. The van der Waals surface area contributed by atoms with Crippen molar-refractivity contribution in [2.24, 2.45) is 0 Å². The third kappa shape index (κ3) is 8.26. The van der Waals surface area contributed by atoms with Crippen LogP contribution in [0.4, 0.5) is 10.1 Å². The average Bonchev–Trinajstić information content (AvgIpc) is 3.55. The van der Waals surface area contributed by atoms with Gasteiger partial charge in [0.25, 0.3) is 10.0 Å².